The van der Waals surface area contributed by atoms with E-state index in [1.54, 1.807) is 20.8 Å². The average Bonchev–Trinajstić information content (AvgIpc) is 2.20. The van der Waals surface area contributed by atoms with Gasteiger partial charge in [-0.3, -0.25) is 4.79 Å². The molecule has 0 saturated heterocycles. The monoisotopic (exact) mass is 246 g/mol. The topological polar surface area (TPSA) is 76.7 Å². The molecule has 1 amide bonds. The normalized spacial score (nSPS) is 12.8. The van der Waals surface area contributed by atoms with Gasteiger partial charge in [0, 0.05) is 12.6 Å². The summed E-state index contributed by atoms with van der Waals surface area (Å²) in [5.41, 5.74) is -0.507. The zero-order valence-corrected chi connectivity index (χ0v) is 11.1. The first-order chi connectivity index (χ1) is 7.74. The molecule has 0 aromatic carbocycles. The van der Waals surface area contributed by atoms with Gasteiger partial charge in [0.15, 0.2) is 0 Å². The Morgan fingerprint density at radius 3 is 2.35 bits per heavy atom. The Balaban J connectivity index is 3.73. The van der Waals surface area contributed by atoms with Crippen molar-refractivity contribution in [2.45, 2.75) is 39.3 Å². The molecule has 0 rings (SSSR count). The Kier molecular flexibility index (Phi) is 6.57. The van der Waals surface area contributed by atoms with Crippen LogP contribution in [0, 0.1) is 0 Å². The standard InChI is InChI=1S/C11H22N2O4/c1-8(12-7-9(14)16-5)6-13-10(15)17-11(2,3)4/h8,12H,6-7H2,1-5H3,(H,13,15). The van der Waals surface area contributed by atoms with Crippen molar-refractivity contribution in [3.8, 4) is 0 Å². The van der Waals surface area contributed by atoms with Crippen LogP contribution in [0.15, 0.2) is 0 Å². The number of hydrogen-bond acceptors (Lipinski definition) is 5. The quantitative estimate of drug-likeness (QED) is 0.697. The Labute approximate surface area is 102 Å². The first kappa shape index (κ1) is 15.7. The molecule has 17 heavy (non-hydrogen) atoms. The summed E-state index contributed by atoms with van der Waals surface area (Å²) >= 11 is 0. The molecular weight excluding hydrogens is 224 g/mol. The van der Waals surface area contributed by atoms with Crippen molar-refractivity contribution < 1.29 is 19.1 Å². The van der Waals surface area contributed by atoms with Crippen LogP contribution in [0.3, 0.4) is 0 Å². The van der Waals surface area contributed by atoms with Gasteiger partial charge in [0.1, 0.15) is 5.60 Å². The fourth-order valence-corrected chi connectivity index (χ4v) is 0.953. The molecule has 0 bridgehead atoms. The third kappa shape index (κ3) is 9.62. The zero-order valence-electron chi connectivity index (χ0n) is 11.1. The molecule has 0 heterocycles. The maximum absolute atomic E-state index is 11.3. The van der Waals surface area contributed by atoms with Gasteiger partial charge in [0.25, 0.3) is 0 Å². The lowest BCUT2D eigenvalue weighted by Crippen LogP contribution is -2.42. The number of amides is 1. The number of methoxy groups -OCH3 is 1. The molecule has 0 aromatic heterocycles. The van der Waals surface area contributed by atoms with Crippen molar-refractivity contribution in [1.82, 2.24) is 10.6 Å². The van der Waals surface area contributed by atoms with Gasteiger partial charge in [-0.05, 0) is 27.7 Å². The summed E-state index contributed by atoms with van der Waals surface area (Å²) in [6.45, 7) is 7.74. The predicted molar refractivity (Wildman–Crippen MR) is 63.7 cm³/mol. The van der Waals surface area contributed by atoms with Gasteiger partial charge < -0.3 is 20.1 Å². The van der Waals surface area contributed by atoms with Crippen LogP contribution in [-0.4, -0.2) is 43.9 Å². The van der Waals surface area contributed by atoms with E-state index in [0.717, 1.165) is 0 Å². The van der Waals surface area contributed by atoms with Gasteiger partial charge in [0.2, 0.25) is 0 Å². The van der Waals surface area contributed by atoms with Gasteiger partial charge >= 0.3 is 12.1 Å². The third-order valence-electron chi connectivity index (χ3n) is 1.77. The Hall–Kier alpha value is -1.30. The number of nitrogens with one attached hydrogen (secondary N) is 2. The lowest BCUT2D eigenvalue weighted by Gasteiger charge is -2.21. The second-order valence-electron chi connectivity index (χ2n) is 4.74. The highest BCUT2D eigenvalue weighted by Gasteiger charge is 2.16. The minimum atomic E-state index is -0.507. The number of rotatable bonds is 5. The summed E-state index contributed by atoms with van der Waals surface area (Å²) < 4.78 is 9.54. The van der Waals surface area contributed by atoms with Crippen LogP contribution in [0.5, 0.6) is 0 Å². The molecule has 1 atom stereocenters. The van der Waals surface area contributed by atoms with Crippen LogP contribution in [0.2, 0.25) is 0 Å². The van der Waals surface area contributed by atoms with Crippen LogP contribution in [0.25, 0.3) is 0 Å². The van der Waals surface area contributed by atoms with Gasteiger partial charge in [0.05, 0.1) is 13.7 Å². The Morgan fingerprint density at radius 1 is 1.29 bits per heavy atom. The summed E-state index contributed by atoms with van der Waals surface area (Å²) in [6.07, 6.45) is -0.468. The van der Waals surface area contributed by atoms with Gasteiger partial charge in [-0.25, -0.2) is 4.79 Å². The molecule has 100 valence electrons. The van der Waals surface area contributed by atoms with E-state index < -0.39 is 11.7 Å². The molecule has 0 aliphatic heterocycles. The van der Waals surface area contributed by atoms with Crippen LogP contribution in [-0.2, 0) is 14.3 Å². The van der Waals surface area contributed by atoms with E-state index in [4.69, 9.17) is 4.74 Å². The minimum Gasteiger partial charge on any atom is -0.468 e. The molecule has 0 aromatic rings. The Morgan fingerprint density at radius 2 is 1.88 bits per heavy atom. The average molecular weight is 246 g/mol. The fraction of sp³-hybridized carbons (Fsp3) is 0.818. The molecule has 1 unspecified atom stereocenters. The number of carbonyl (C=O) groups excluding carboxylic acids is 2. The number of ether oxygens (including phenoxy) is 2. The highest BCUT2D eigenvalue weighted by Crippen LogP contribution is 2.06. The maximum atomic E-state index is 11.3. The van der Waals surface area contributed by atoms with E-state index in [1.807, 2.05) is 6.92 Å². The van der Waals surface area contributed by atoms with E-state index in [-0.39, 0.29) is 18.6 Å². The second kappa shape index (κ2) is 7.11. The summed E-state index contributed by atoms with van der Waals surface area (Å²) in [6, 6.07) is -0.0402. The molecule has 2 N–H and O–H groups in total. The molecule has 0 fully saturated rings. The minimum absolute atomic E-state index is 0.0402. The lowest BCUT2D eigenvalue weighted by molar-refractivity contribution is -0.139. The largest absolute Gasteiger partial charge is 0.468 e. The van der Waals surface area contributed by atoms with E-state index in [0.29, 0.717) is 6.54 Å². The predicted octanol–water partition coefficient (Wildman–Crippen LogP) is 0.662. The smallest absolute Gasteiger partial charge is 0.407 e. The molecule has 0 saturated carbocycles. The Bertz CT molecular complexity index is 261. The highest BCUT2D eigenvalue weighted by molar-refractivity contribution is 5.71. The van der Waals surface area contributed by atoms with Crippen molar-refractivity contribution in [1.29, 1.82) is 0 Å². The van der Waals surface area contributed by atoms with Crippen LogP contribution < -0.4 is 10.6 Å². The fourth-order valence-electron chi connectivity index (χ4n) is 0.953. The molecule has 6 heteroatoms. The summed E-state index contributed by atoms with van der Waals surface area (Å²) in [5, 5.41) is 5.51. The molecule has 6 nitrogen and oxygen atoms in total. The van der Waals surface area contributed by atoms with Crippen LogP contribution in [0.1, 0.15) is 27.7 Å². The first-order valence-electron chi connectivity index (χ1n) is 5.51. The van der Waals surface area contributed by atoms with Gasteiger partial charge in [-0.1, -0.05) is 0 Å². The van der Waals surface area contributed by atoms with Crippen LogP contribution >= 0.6 is 0 Å². The van der Waals surface area contributed by atoms with E-state index >= 15 is 0 Å². The van der Waals surface area contributed by atoms with Crippen molar-refractivity contribution in [3.05, 3.63) is 0 Å². The van der Waals surface area contributed by atoms with Crippen molar-refractivity contribution >= 4 is 12.1 Å². The maximum Gasteiger partial charge on any atom is 0.407 e. The molecule has 0 aliphatic rings. The number of hydrogen-bond donors (Lipinski definition) is 2. The summed E-state index contributed by atoms with van der Waals surface area (Å²) in [5.74, 6) is -0.339. The molecule has 0 spiro atoms. The third-order valence-corrected chi connectivity index (χ3v) is 1.77. The highest BCUT2D eigenvalue weighted by atomic mass is 16.6. The summed E-state index contributed by atoms with van der Waals surface area (Å²) in [4.78, 5) is 22.1. The zero-order chi connectivity index (χ0) is 13.5. The SMILES string of the molecule is COC(=O)CNC(C)CNC(=O)OC(C)(C)C. The van der Waals surface area contributed by atoms with E-state index in [1.165, 1.54) is 7.11 Å². The first-order valence-corrected chi connectivity index (χ1v) is 5.51. The van der Waals surface area contributed by atoms with Crippen molar-refractivity contribution in [3.63, 3.8) is 0 Å². The van der Waals surface area contributed by atoms with E-state index in [2.05, 4.69) is 15.4 Å². The summed E-state index contributed by atoms with van der Waals surface area (Å²) in [7, 11) is 1.33. The number of alkyl carbamates (subject to hydrolysis) is 1. The lowest BCUT2D eigenvalue weighted by atomic mass is 10.2. The molecule has 0 radical (unpaired) electrons. The number of carbonyl (C=O) groups is 2. The van der Waals surface area contributed by atoms with Gasteiger partial charge in [-0.2, -0.15) is 0 Å². The van der Waals surface area contributed by atoms with Crippen LogP contribution in [0.4, 0.5) is 4.79 Å². The second-order valence-corrected chi connectivity index (χ2v) is 4.74. The van der Waals surface area contributed by atoms with E-state index in [9.17, 15) is 9.59 Å². The van der Waals surface area contributed by atoms with Gasteiger partial charge in [-0.15, -0.1) is 0 Å². The molecule has 0 aliphatic carbocycles. The number of esters is 1. The van der Waals surface area contributed by atoms with Crippen molar-refractivity contribution in [2.75, 3.05) is 20.2 Å². The molecular formula is C11H22N2O4. The van der Waals surface area contributed by atoms with Crippen molar-refractivity contribution in [2.24, 2.45) is 0 Å².